The number of hydrogen-bond acceptors (Lipinski definition) is 3. The van der Waals surface area contributed by atoms with Crippen molar-refractivity contribution in [3.63, 3.8) is 0 Å². The number of nitrogens with one attached hydrogen (secondary N) is 1. The molecule has 0 unspecified atom stereocenters. The minimum Gasteiger partial charge on any atom is -0.394 e. The van der Waals surface area contributed by atoms with Gasteiger partial charge < -0.3 is 11.1 Å². The molecule has 3 N–H and O–H groups in total. The van der Waals surface area contributed by atoms with Crippen molar-refractivity contribution in [2.24, 2.45) is 0 Å². The third kappa shape index (κ3) is 2.89. The topological polar surface area (TPSA) is 55.9 Å². The van der Waals surface area contributed by atoms with Crippen molar-refractivity contribution < 1.29 is 4.39 Å². The first-order chi connectivity index (χ1) is 9.02. The molecule has 0 fully saturated rings. The molecule has 0 saturated carbocycles. The fourth-order valence-corrected chi connectivity index (χ4v) is 2.15. The second-order valence-electron chi connectivity index (χ2n) is 4.32. The Kier molecular flexibility index (Phi) is 4.09. The van der Waals surface area contributed by atoms with Gasteiger partial charge in [0.25, 0.3) is 0 Å². The quantitative estimate of drug-likeness (QED) is 0.897. The van der Waals surface area contributed by atoms with Crippen LogP contribution in [0.2, 0.25) is 0 Å². The maximum Gasteiger partial charge on any atom is 0.152 e. The number of nitrogens with two attached hydrogens (primary N) is 1. The molecule has 2 rings (SSSR count). The van der Waals surface area contributed by atoms with Crippen LogP contribution in [-0.4, -0.2) is 9.78 Å². The highest BCUT2D eigenvalue weighted by atomic mass is 79.9. The lowest BCUT2D eigenvalue weighted by molar-refractivity contribution is 0.603. The lowest BCUT2D eigenvalue weighted by atomic mass is 10.3. The highest BCUT2D eigenvalue weighted by molar-refractivity contribution is 9.10. The number of nitrogens with zero attached hydrogens (tertiary/aromatic N) is 2. The molecular formula is C13H16BrFN4. The molecule has 0 amide bonds. The highest BCUT2D eigenvalue weighted by Gasteiger charge is 2.13. The van der Waals surface area contributed by atoms with E-state index in [-0.39, 0.29) is 5.82 Å². The van der Waals surface area contributed by atoms with Crippen molar-refractivity contribution in [3.8, 4) is 0 Å². The minimum absolute atomic E-state index is 0.337. The number of aryl methyl sites for hydroxylation is 2. The summed E-state index contributed by atoms with van der Waals surface area (Å²) in [6.45, 7) is 4.63. The Morgan fingerprint density at radius 1 is 1.47 bits per heavy atom. The second-order valence-corrected chi connectivity index (χ2v) is 5.24. The van der Waals surface area contributed by atoms with Gasteiger partial charge in [0.1, 0.15) is 5.82 Å². The minimum atomic E-state index is -0.337. The summed E-state index contributed by atoms with van der Waals surface area (Å²) in [6, 6.07) is 4.85. The van der Waals surface area contributed by atoms with E-state index in [2.05, 4.69) is 33.3 Å². The predicted molar refractivity (Wildman–Crippen MR) is 79.1 cm³/mol. The average Bonchev–Trinajstić information content (AvgIpc) is 2.61. The van der Waals surface area contributed by atoms with Crippen molar-refractivity contribution in [2.75, 3.05) is 11.1 Å². The molecule has 0 saturated heterocycles. The largest absolute Gasteiger partial charge is 0.394 e. The molecule has 0 atom stereocenters. The summed E-state index contributed by atoms with van der Waals surface area (Å²) in [5, 5.41) is 7.36. The van der Waals surface area contributed by atoms with E-state index in [0.29, 0.717) is 21.7 Å². The number of aromatic nitrogens is 2. The highest BCUT2D eigenvalue weighted by Crippen LogP contribution is 2.28. The molecule has 102 valence electrons. The standard InChI is InChI=1S/C13H16BrFN4/c1-3-6-19-13(12(16)8(2)18-19)17-11-5-4-9(14)7-10(11)15/h4-5,7,17H,3,6,16H2,1-2H3. The predicted octanol–water partition coefficient (Wildman–Crippen LogP) is 3.83. The second kappa shape index (κ2) is 5.61. The van der Waals surface area contributed by atoms with Crippen molar-refractivity contribution >= 4 is 33.1 Å². The Labute approximate surface area is 119 Å². The van der Waals surface area contributed by atoms with E-state index in [1.165, 1.54) is 6.07 Å². The number of anilines is 3. The lowest BCUT2D eigenvalue weighted by Gasteiger charge is -2.11. The first-order valence-electron chi connectivity index (χ1n) is 6.08. The first kappa shape index (κ1) is 13.9. The Morgan fingerprint density at radius 2 is 2.21 bits per heavy atom. The molecule has 1 aromatic heterocycles. The summed E-state index contributed by atoms with van der Waals surface area (Å²) < 4.78 is 16.3. The summed E-state index contributed by atoms with van der Waals surface area (Å²) in [6.07, 6.45) is 0.929. The van der Waals surface area contributed by atoms with Crippen LogP contribution in [0.1, 0.15) is 19.0 Å². The van der Waals surface area contributed by atoms with Gasteiger partial charge in [0, 0.05) is 11.0 Å². The van der Waals surface area contributed by atoms with Crippen molar-refractivity contribution in [2.45, 2.75) is 26.8 Å². The normalized spacial score (nSPS) is 10.7. The van der Waals surface area contributed by atoms with Crippen LogP contribution in [0.15, 0.2) is 22.7 Å². The lowest BCUT2D eigenvalue weighted by Crippen LogP contribution is -2.06. The molecule has 0 radical (unpaired) electrons. The fourth-order valence-electron chi connectivity index (χ4n) is 1.82. The summed E-state index contributed by atoms with van der Waals surface area (Å²) in [4.78, 5) is 0. The number of benzene rings is 1. The van der Waals surface area contributed by atoms with Crippen LogP contribution in [0.25, 0.3) is 0 Å². The summed E-state index contributed by atoms with van der Waals surface area (Å²) in [7, 11) is 0. The molecule has 0 aliphatic rings. The zero-order valence-electron chi connectivity index (χ0n) is 10.9. The van der Waals surface area contributed by atoms with Gasteiger partial charge in [-0.2, -0.15) is 5.10 Å². The van der Waals surface area contributed by atoms with Crippen LogP contribution in [0.4, 0.5) is 21.6 Å². The van der Waals surface area contributed by atoms with Crippen LogP contribution in [-0.2, 0) is 6.54 Å². The zero-order chi connectivity index (χ0) is 14.0. The van der Waals surface area contributed by atoms with Gasteiger partial charge in [-0.15, -0.1) is 0 Å². The monoisotopic (exact) mass is 326 g/mol. The molecule has 4 nitrogen and oxygen atoms in total. The van der Waals surface area contributed by atoms with Gasteiger partial charge in [-0.1, -0.05) is 22.9 Å². The first-order valence-corrected chi connectivity index (χ1v) is 6.87. The Bertz CT molecular complexity index is 595. The molecule has 19 heavy (non-hydrogen) atoms. The molecule has 0 bridgehead atoms. The van der Waals surface area contributed by atoms with Crippen molar-refractivity contribution in [1.29, 1.82) is 0 Å². The van der Waals surface area contributed by atoms with Gasteiger partial charge in [-0.05, 0) is 31.5 Å². The smallest absolute Gasteiger partial charge is 0.152 e. The van der Waals surface area contributed by atoms with E-state index in [9.17, 15) is 4.39 Å². The van der Waals surface area contributed by atoms with Crippen molar-refractivity contribution in [1.82, 2.24) is 9.78 Å². The van der Waals surface area contributed by atoms with Gasteiger partial charge >= 0.3 is 0 Å². The van der Waals surface area contributed by atoms with Gasteiger partial charge in [0.2, 0.25) is 0 Å². The van der Waals surface area contributed by atoms with Gasteiger partial charge in [0.05, 0.1) is 17.1 Å². The number of rotatable bonds is 4. The zero-order valence-corrected chi connectivity index (χ0v) is 12.5. The molecule has 0 aliphatic heterocycles. The third-order valence-corrected chi connectivity index (χ3v) is 3.29. The van der Waals surface area contributed by atoms with Gasteiger partial charge in [0.15, 0.2) is 5.82 Å². The van der Waals surface area contributed by atoms with Crippen molar-refractivity contribution in [3.05, 3.63) is 34.2 Å². The van der Waals surface area contributed by atoms with Crippen LogP contribution in [0.3, 0.4) is 0 Å². The van der Waals surface area contributed by atoms with Crippen LogP contribution < -0.4 is 11.1 Å². The molecule has 0 aliphatic carbocycles. The van der Waals surface area contributed by atoms with E-state index in [1.54, 1.807) is 16.8 Å². The van der Waals surface area contributed by atoms with Gasteiger partial charge in [-0.25, -0.2) is 9.07 Å². The van der Waals surface area contributed by atoms with E-state index >= 15 is 0 Å². The van der Waals surface area contributed by atoms with Gasteiger partial charge in [-0.3, -0.25) is 0 Å². The average molecular weight is 327 g/mol. The molecule has 1 heterocycles. The Morgan fingerprint density at radius 3 is 2.84 bits per heavy atom. The van der Waals surface area contributed by atoms with Crippen LogP contribution in [0.5, 0.6) is 0 Å². The number of halogens is 2. The van der Waals surface area contributed by atoms with E-state index < -0.39 is 0 Å². The van der Waals surface area contributed by atoms with Crippen LogP contribution in [0, 0.1) is 12.7 Å². The van der Waals surface area contributed by atoms with E-state index in [0.717, 1.165) is 18.7 Å². The van der Waals surface area contributed by atoms with E-state index in [4.69, 9.17) is 5.73 Å². The third-order valence-electron chi connectivity index (χ3n) is 2.79. The fraction of sp³-hybridized carbons (Fsp3) is 0.308. The molecule has 6 heteroatoms. The summed E-state index contributed by atoms with van der Waals surface area (Å²) >= 11 is 3.23. The molecular weight excluding hydrogens is 311 g/mol. The maximum atomic E-state index is 13.8. The Balaban J connectivity index is 2.37. The van der Waals surface area contributed by atoms with E-state index in [1.807, 2.05) is 6.92 Å². The maximum absolute atomic E-state index is 13.8. The Hall–Kier alpha value is -1.56. The van der Waals surface area contributed by atoms with Crippen LogP contribution >= 0.6 is 15.9 Å². The SMILES string of the molecule is CCCn1nc(C)c(N)c1Nc1ccc(Br)cc1F. The molecule has 2 aromatic rings. The summed E-state index contributed by atoms with van der Waals surface area (Å²) in [5.41, 5.74) is 7.66. The number of hydrogen-bond donors (Lipinski definition) is 2. The molecule has 1 aromatic carbocycles. The summed E-state index contributed by atoms with van der Waals surface area (Å²) in [5.74, 6) is 0.302. The molecule has 0 spiro atoms. The number of nitrogen functional groups attached to an aromatic ring is 1.